The molecule has 3 aromatic rings. The molecular formula is C21H25N5O2S2. The van der Waals surface area contributed by atoms with E-state index in [0.29, 0.717) is 11.7 Å². The summed E-state index contributed by atoms with van der Waals surface area (Å²) >= 11 is 2.93. The van der Waals surface area contributed by atoms with E-state index in [2.05, 4.69) is 20.8 Å². The van der Waals surface area contributed by atoms with Crippen molar-refractivity contribution in [2.45, 2.75) is 44.6 Å². The first-order valence-corrected chi connectivity index (χ1v) is 11.4. The lowest BCUT2D eigenvalue weighted by molar-refractivity contribution is -0.123. The second kappa shape index (κ2) is 9.90. The van der Waals surface area contributed by atoms with Crippen LogP contribution in [0.15, 0.2) is 40.9 Å². The van der Waals surface area contributed by atoms with Crippen molar-refractivity contribution in [1.82, 2.24) is 20.1 Å². The molecular weight excluding hydrogens is 418 g/mol. The molecule has 0 aliphatic heterocycles. The van der Waals surface area contributed by atoms with Crippen molar-refractivity contribution in [3.63, 3.8) is 0 Å². The van der Waals surface area contributed by atoms with Crippen molar-refractivity contribution in [2.24, 2.45) is 0 Å². The summed E-state index contributed by atoms with van der Waals surface area (Å²) in [6, 6.07) is 9.80. The van der Waals surface area contributed by atoms with Gasteiger partial charge < -0.3 is 15.2 Å². The molecule has 2 heterocycles. The summed E-state index contributed by atoms with van der Waals surface area (Å²) < 4.78 is 1.99. The Kier molecular flexibility index (Phi) is 7.28. The summed E-state index contributed by atoms with van der Waals surface area (Å²) in [6.07, 6.45) is 0. The van der Waals surface area contributed by atoms with Crippen LogP contribution in [0.25, 0.3) is 10.7 Å². The average molecular weight is 444 g/mol. The van der Waals surface area contributed by atoms with Crippen LogP contribution in [-0.4, -0.2) is 38.4 Å². The molecule has 2 aromatic heterocycles. The first kappa shape index (κ1) is 22.0. The number of benzene rings is 1. The van der Waals surface area contributed by atoms with E-state index >= 15 is 0 Å². The van der Waals surface area contributed by atoms with E-state index < -0.39 is 5.25 Å². The van der Waals surface area contributed by atoms with Crippen molar-refractivity contribution in [2.75, 3.05) is 11.9 Å². The van der Waals surface area contributed by atoms with Gasteiger partial charge >= 0.3 is 0 Å². The van der Waals surface area contributed by atoms with Gasteiger partial charge in [-0.15, -0.1) is 21.5 Å². The van der Waals surface area contributed by atoms with Crippen molar-refractivity contribution >= 4 is 40.6 Å². The number of rotatable bonds is 8. The quantitative estimate of drug-likeness (QED) is 0.516. The Morgan fingerprint density at radius 2 is 1.90 bits per heavy atom. The number of anilines is 1. The molecule has 2 N–H and O–H groups in total. The Bertz CT molecular complexity index is 1010. The Morgan fingerprint density at radius 3 is 2.53 bits per heavy atom. The fourth-order valence-corrected chi connectivity index (χ4v) is 4.62. The molecule has 9 heteroatoms. The maximum atomic E-state index is 12.5. The highest BCUT2D eigenvalue weighted by atomic mass is 32.2. The lowest BCUT2D eigenvalue weighted by atomic mass is 10.1. The number of aryl methyl sites for hydroxylation is 2. The number of nitrogens with one attached hydrogen (secondary N) is 2. The predicted octanol–water partition coefficient (Wildman–Crippen LogP) is 3.88. The molecule has 0 bridgehead atoms. The lowest BCUT2D eigenvalue weighted by Crippen LogP contribution is -2.37. The molecule has 1 aromatic carbocycles. The predicted molar refractivity (Wildman–Crippen MR) is 122 cm³/mol. The molecule has 30 heavy (non-hydrogen) atoms. The molecule has 0 spiro atoms. The number of nitrogens with zero attached hydrogens (tertiary/aromatic N) is 3. The number of aromatic nitrogens is 3. The summed E-state index contributed by atoms with van der Waals surface area (Å²) in [7, 11) is 0. The Labute approximate surface area is 184 Å². The molecule has 0 radical (unpaired) electrons. The van der Waals surface area contributed by atoms with Gasteiger partial charge in [-0.2, -0.15) is 0 Å². The zero-order valence-electron chi connectivity index (χ0n) is 17.4. The van der Waals surface area contributed by atoms with Crippen LogP contribution in [0, 0.1) is 13.8 Å². The van der Waals surface area contributed by atoms with Crippen LogP contribution in [0.4, 0.5) is 5.69 Å². The minimum Gasteiger partial charge on any atom is -0.346 e. The third kappa shape index (κ3) is 5.09. The number of amides is 2. The van der Waals surface area contributed by atoms with E-state index in [0.717, 1.165) is 27.5 Å². The molecule has 3 rings (SSSR count). The highest BCUT2D eigenvalue weighted by Crippen LogP contribution is 2.29. The minimum absolute atomic E-state index is 0.0849. The van der Waals surface area contributed by atoms with Gasteiger partial charge in [0.05, 0.1) is 16.7 Å². The van der Waals surface area contributed by atoms with Crippen molar-refractivity contribution < 1.29 is 9.59 Å². The first-order chi connectivity index (χ1) is 14.4. The summed E-state index contributed by atoms with van der Waals surface area (Å²) in [6.45, 7) is 8.31. The molecule has 0 aliphatic rings. The van der Waals surface area contributed by atoms with E-state index in [1.54, 1.807) is 18.3 Å². The van der Waals surface area contributed by atoms with E-state index in [4.69, 9.17) is 0 Å². The zero-order valence-corrected chi connectivity index (χ0v) is 19.1. The van der Waals surface area contributed by atoms with E-state index in [9.17, 15) is 9.59 Å². The van der Waals surface area contributed by atoms with Gasteiger partial charge in [0.15, 0.2) is 11.0 Å². The monoisotopic (exact) mass is 443 g/mol. The van der Waals surface area contributed by atoms with Crippen LogP contribution in [0.1, 0.15) is 25.0 Å². The van der Waals surface area contributed by atoms with Gasteiger partial charge in [0.25, 0.3) is 0 Å². The average Bonchev–Trinajstić information content (AvgIpc) is 3.38. The molecule has 7 nitrogen and oxygen atoms in total. The van der Waals surface area contributed by atoms with E-state index in [1.807, 2.05) is 61.1 Å². The normalized spacial score (nSPS) is 11.9. The minimum atomic E-state index is -0.413. The maximum absolute atomic E-state index is 12.5. The highest BCUT2D eigenvalue weighted by Gasteiger charge is 2.21. The lowest BCUT2D eigenvalue weighted by Gasteiger charge is -2.14. The number of carbonyl (C=O) groups excluding carboxylic acids is 2. The Hall–Kier alpha value is -2.65. The van der Waals surface area contributed by atoms with Gasteiger partial charge in [-0.3, -0.25) is 9.59 Å². The number of carbonyl (C=O) groups is 2. The van der Waals surface area contributed by atoms with Gasteiger partial charge in [-0.05, 0) is 50.3 Å². The molecule has 1 unspecified atom stereocenters. The second-order valence-corrected chi connectivity index (χ2v) is 9.08. The van der Waals surface area contributed by atoms with Crippen LogP contribution in [0.3, 0.4) is 0 Å². The first-order valence-electron chi connectivity index (χ1n) is 9.68. The van der Waals surface area contributed by atoms with Crippen LogP contribution in [-0.2, 0) is 16.1 Å². The van der Waals surface area contributed by atoms with Gasteiger partial charge in [-0.1, -0.05) is 36.0 Å². The van der Waals surface area contributed by atoms with E-state index in [-0.39, 0.29) is 18.4 Å². The third-order valence-electron chi connectivity index (χ3n) is 4.59. The zero-order chi connectivity index (χ0) is 21.7. The fourth-order valence-electron chi connectivity index (χ4n) is 2.97. The molecule has 0 saturated carbocycles. The van der Waals surface area contributed by atoms with Crippen LogP contribution >= 0.6 is 23.1 Å². The maximum Gasteiger partial charge on any atom is 0.243 e. The van der Waals surface area contributed by atoms with Gasteiger partial charge in [-0.25, -0.2) is 0 Å². The standard InChI is InChI=1S/C21H25N5O2S2/c1-5-26-19(16-10-7-11-29-16)24-25-21(26)30-15(4)20(28)22-12-17(27)23-18-13(2)8-6-9-14(18)3/h6-11,15H,5,12H2,1-4H3,(H,22,28)(H,23,27). The third-order valence-corrected chi connectivity index (χ3v) is 6.54. The fraction of sp³-hybridized carbons (Fsp3) is 0.333. The van der Waals surface area contributed by atoms with Crippen LogP contribution in [0.5, 0.6) is 0 Å². The second-order valence-electron chi connectivity index (χ2n) is 6.82. The number of para-hydroxylation sites is 1. The molecule has 0 fully saturated rings. The van der Waals surface area contributed by atoms with Crippen LogP contribution < -0.4 is 10.6 Å². The van der Waals surface area contributed by atoms with Crippen molar-refractivity contribution in [1.29, 1.82) is 0 Å². The number of thioether (sulfide) groups is 1. The van der Waals surface area contributed by atoms with Crippen LogP contribution in [0.2, 0.25) is 0 Å². The molecule has 1 atom stereocenters. The smallest absolute Gasteiger partial charge is 0.243 e. The molecule has 0 aliphatic carbocycles. The number of thiophene rings is 1. The Morgan fingerprint density at radius 1 is 1.17 bits per heavy atom. The topological polar surface area (TPSA) is 88.9 Å². The summed E-state index contributed by atoms with van der Waals surface area (Å²) in [5, 5.41) is 16.4. The largest absolute Gasteiger partial charge is 0.346 e. The summed E-state index contributed by atoms with van der Waals surface area (Å²) in [4.78, 5) is 25.8. The molecule has 0 saturated heterocycles. The van der Waals surface area contributed by atoms with E-state index in [1.165, 1.54) is 11.8 Å². The highest BCUT2D eigenvalue weighted by molar-refractivity contribution is 8.00. The number of hydrogen-bond acceptors (Lipinski definition) is 6. The molecule has 2 amide bonds. The van der Waals surface area contributed by atoms with Gasteiger partial charge in [0.2, 0.25) is 11.8 Å². The van der Waals surface area contributed by atoms with Gasteiger partial charge in [0.1, 0.15) is 0 Å². The van der Waals surface area contributed by atoms with Gasteiger partial charge in [0, 0.05) is 12.2 Å². The van der Waals surface area contributed by atoms with Crippen molar-refractivity contribution in [3.8, 4) is 10.7 Å². The number of hydrogen-bond donors (Lipinski definition) is 2. The van der Waals surface area contributed by atoms with Crippen molar-refractivity contribution in [3.05, 3.63) is 46.8 Å². The SMILES string of the molecule is CCn1c(SC(C)C(=O)NCC(=O)Nc2c(C)cccc2C)nnc1-c1cccs1. The summed E-state index contributed by atoms with van der Waals surface area (Å²) in [5.41, 5.74) is 2.76. The molecule has 158 valence electrons. The Balaban J connectivity index is 1.57. The summed E-state index contributed by atoms with van der Waals surface area (Å²) in [5.74, 6) is 0.324.